The summed E-state index contributed by atoms with van der Waals surface area (Å²) in [6.07, 6.45) is 1.48. The predicted octanol–water partition coefficient (Wildman–Crippen LogP) is 6.52. The Kier molecular flexibility index (Phi) is 7.35. The van der Waals surface area contributed by atoms with Crippen molar-refractivity contribution in [1.29, 1.82) is 0 Å². The van der Waals surface area contributed by atoms with Crippen LogP contribution in [0.5, 0.6) is 11.5 Å². The number of benzene rings is 4. The molecular weight excluding hydrogens is 512 g/mol. The Balaban J connectivity index is 1.55. The third-order valence-electron chi connectivity index (χ3n) is 8.10. The van der Waals surface area contributed by atoms with Gasteiger partial charge in [-0.05, 0) is 66.2 Å². The summed E-state index contributed by atoms with van der Waals surface area (Å²) in [7, 11) is 5.38. The number of para-hydroxylation sites is 1. The Morgan fingerprint density at radius 1 is 0.780 bits per heavy atom. The number of likely N-dealkylation sites (N-methyl/N-ethyl adjacent to an activating group) is 1. The summed E-state index contributed by atoms with van der Waals surface area (Å²) in [5.41, 5.74) is 3.63. The monoisotopic (exact) mass is 546 g/mol. The molecule has 6 rings (SSSR count). The number of Topliss-reactive ketones (excluding diaryl/α,β-unsaturated/α-hetero) is 1. The first-order valence-electron chi connectivity index (χ1n) is 13.8. The highest BCUT2D eigenvalue weighted by molar-refractivity contribution is 6.06. The van der Waals surface area contributed by atoms with E-state index in [-0.39, 0.29) is 11.8 Å². The van der Waals surface area contributed by atoms with E-state index in [2.05, 4.69) is 24.1 Å². The van der Waals surface area contributed by atoms with Crippen LogP contribution in [0, 0.1) is 5.41 Å². The average molecular weight is 547 g/mol. The molecule has 2 heterocycles. The van der Waals surface area contributed by atoms with Crippen LogP contribution < -0.4 is 14.5 Å². The molecule has 6 nitrogen and oxygen atoms in total. The second-order valence-corrected chi connectivity index (χ2v) is 10.7. The van der Waals surface area contributed by atoms with Gasteiger partial charge in [0.2, 0.25) is 0 Å². The van der Waals surface area contributed by atoms with Gasteiger partial charge in [0.25, 0.3) is 0 Å². The highest BCUT2D eigenvalue weighted by Gasteiger charge is 2.63. The number of methoxy groups -OCH3 is 2. The lowest BCUT2D eigenvalue weighted by Gasteiger charge is -2.44. The van der Waals surface area contributed by atoms with Crippen LogP contribution in [0.2, 0.25) is 0 Å². The van der Waals surface area contributed by atoms with E-state index in [1.54, 1.807) is 14.2 Å². The summed E-state index contributed by atoms with van der Waals surface area (Å²) < 4.78 is 10.8. The molecule has 1 spiro atoms. The van der Waals surface area contributed by atoms with Gasteiger partial charge in [0.05, 0.1) is 25.9 Å². The van der Waals surface area contributed by atoms with Crippen molar-refractivity contribution in [3.05, 3.63) is 131 Å². The Labute approximate surface area is 241 Å². The first kappa shape index (κ1) is 26.8. The molecule has 1 unspecified atom stereocenters. The number of nitrogens with zero attached hydrogens (tertiary/aromatic N) is 2. The SMILES string of the molecule is COc1ccc(/C=C2\CN(C)CC3(C2=O)[C@@H](c2ccc(OC)cc2)ON(c2ccccc2)[C@@H]3c2ccccc2)cc1. The molecule has 41 heavy (non-hydrogen) atoms. The molecular formula is C35H34N2O4. The lowest BCUT2D eigenvalue weighted by atomic mass is 9.64. The molecule has 3 atom stereocenters. The van der Waals surface area contributed by atoms with E-state index in [0.717, 1.165) is 39.4 Å². The number of carbonyl (C=O) groups excluding carboxylic acids is 1. The third-order valence-corrected chi connectivity index (χ3v) is 8.10. The lowest BCUT2D eigenvalue weighted by Crippen LogP contribution is -2.54. The minimum Gasteiger partial charge on any atom is -0.497 e. The Hall–Kier alpha value is -4.39. The largest absolute Gasteiger partial charge is 0.497 e. The minimum absolute atomic E-state index is 0.0968. The molecule has 2 fully saturated rings. The summed E-state index contributed by atoms with van der Waals surface area (Å²) in [5.74, 6) is 1.63. The highest BCUT2D eigenvalue weighted by atomic mass is 16.7. The Bertz CT molecular complexity index is 1520. The molecule has 0 aliphatic carbocycles. The summed E-state index contributed by atoms with van der Waals surface area (Å²) in [4.78, 5) is 24.2. The smallest absolute Gasteiger partial charge is 0.173 e. The van der Waals surface area contributed by atoms with Gasteiger partial charge in [-0.15, -0.1) is 0 Å². The number of ether oxygens (including phenoxy) is 2. The number of ketones is 1. The van der Waals surface area contributed by atoms with Crippen molar-refractivity contribution >= 4 is 17.5 Å². The number of rotatable bonds is 6. The number of anilines is 1. The molecule has 0 aromatic heterocycles. The third kappa shape index (κ3) is 4.90. The normalized spacial score (nSPS) is 23.7. The topological polar surface area (TPSA) is 51.2 Å². The van der Waals surface area contributed by atoms with E-state index < -0.39 is 11.5 Å². The number of piperidine rings is 1. The maximum atomic E-state index is 15.0. The van der Waals surface area contributed by atoms with Crippen LogP contribution in [0.1, 0.15) is 28.8 Å². The zero-order chi connectivity index (χ0) is 28.4. The summed E-state index contributed by atoms with van der Waals surface area (Å²) in [6, 6.07) is 35.6. The molecule has 4 aromatic rings. The van der Waals surface area contributed by atoms with E-state index in [0.29, 0.717) is 13.1 Å². The molecule has 0 N–H and O–H groups in total. The fraction of sp³-hybridized carbons (Fsp3) is 0.229. The van der Waals surface area contributed by atoms with Gasteiger partial charge < -0.3 is 14.4 Å². The number of hydrogen-bond acceptors (Lipinski definition) is 6. The molecule has 2 aliphatic rings. The zero-order valence-corrected chi connectivity index (χ0v) is 23.6. The predicted molar refractivity (Wildman–Crippen MR) is 161 cm³/mol. The zero-order valence-electron chi connectivity index (χ0n) is 23.6. The molecule has 208 valence electrons. The number of hydrogen-bond donors (Lipinski definition) is 0. The Morgan fingerprint density at radius 2 is 1.37 bits per heavy atom. The number of hydroxylamine groups is 1. The number of likely N-dealkylation sites (tertiary alicyclic amines) is 1. The van der Waals surface area contributed by atoms with Crippen molar-refractivity contribution in [1.82, 2.24) is 4.90 Å². The molecule has 0 saturated carbocycles. The van der Waals surface area contributed by atoms with E-state index in [1.807, 2.05) is 108 Å². The Morgan fingerprint density at radius 3 is 1.98 bits per heavy atom. The maximum Gasteiger partial charge on any atom is 0.173 e. The van der Waals surface area contributed by atoms with Crippen molar-refractivity contribution in [3.8, 4) is 11.5 Å². The van der Waals surface area contributed by atoms with Crippen molar-refractivity contribution in [3.63, 3.8) is 0 Å². The second-order valence-electron chi connectivity index (χ2n) is 10.7. The van der Waals surface area contributed by atoms with E-state index in [9.17, 15) is 0 Å². The van der Waals surface area contributed by atoms with Gasteiger partial charge in [-0.3, -0.25) is 9.63 Å². The second kappa shape index (κ2) is 11.2. The molecule has 2 saturated heterocycles. The van der Waals surface area contributed by atoms with Crippen molar-refractivity contribution in [2.45, 2.75) is 12.1 Å². The van der Waals surface area contributed by atoms with Crippen LogP contribution in [0.3, 0.4) is 0 Å². The van der Waals surface area contributed by atoms with Gasteiger partial charge in [-0.1, -0.05) is 72.8 Å². The lowest BCUT2D eigenvalue weighted by molar-refractivity contribution is -0.133. The summed E-state index contributed by atoms with van der Waals surface area (Å²) >= 11 is 0. The minimum atomic E-state index is -0.933. The van der Waals surface area contributed by atoms with Crippen LogP contribution in [-0.2, 0) is 9.63 Å². The quantitative estimate of drug-likeness (QED) is 0.257. The van der Waals surface area contributed by atoms with Crippen LogP contribution >= 0.6 is 0 Å². The van der Waals surface area contributed by atoms with E-state index >= 15 is 4.79 Å². The van der Waals surface area contributed by atoms with E-state index in [1.165, 1.54) is 0 Å². The highest BCUT2D eigenvalue weighted by Crippen LogP contribution is 2.59. The van der Waals surface area contributed by atoms with Gasteiger partial charge >= 0.3 is 0 Å². The fourth-order valence-corrected chi connectivity index (χ4v) is 6.27. The molecule has 2 aliphatic heterocycles. The van der Waals surface area contributed by atoms with Gasteiger partial charge in [-0.25, -0.2) is 5.06 Å². The van der Waals surface area contributed by atoms with E-state index in [4.69, 9.17) is 14.3 Å². The van der Waals surface area contributed by atoms with Crippen LogP contribution in [0.25, 0.3) is 6.08 Å². The van der Waals surface area contributed by atoms with Crippen molar-refractivity contribution in [2.75, 3.05) is 39.4 Å². The first-order chi connectivity index (χ1) is 20.0. The molecule has 0 bridgehead atoms. The average Bonchev–Trinajstić information content (AvgIpc) is 3.36. The summed E-state index contributed by atoms with van der Waals surface area (Å²) in [5, 5.41) is 1.95. The molecule has 0 amide bonds. The van der Waals surface area contributed by atoms with Gasteiger partial charge in [0, 0.05) is 18.7 Å². The van der Waals surface area contributed by atoms with Crippen molar-refractivity contribution in [2.24, 2.45) is 5.41 Å². The molecule has 0 radical (unpaired) electrons. The van der Waals surface area contributed by atoms with Crippen LogP contribution in [0.4, 0.5) is 5.69 Å². The fourth-order valence-electron chi connectivity index (χ4n) is 6.27. The van der Waals surface area contributed by atoms with Gasteiger partial charge in [0.1, 0.15) is 23.0 Å². The maximum absolute atomic E-state index is 15.0. The van der Waals surface area contributed by atoms with Crippen LogP contribution in [-0.4, -0.2) is 45.0 Å². The number of carbonyl (C=O) groups is 1. The first-order valence-corrected chi connectivity index (χ1v) is 13.8. The standard InChI is InChI=1S/C35H34N2O4/c1-36-23-28(22-25-14-18-30(39-2)19-15-25)33(38)35(24-36)32(26-10-6-4-7-11-26)37(29-12-8-5-9-13-29)41-34(35)27-16-20-31(40-3)21-17-27/h4-22,32,34H,23-24H2,1-3H3/b28-22+/t32-,34-,35?/m1/s1. The van der Waals surface area contributed by atoms with Gasteiger partial charge in [-0.2, -0.15) is 0 Å². The summed E-state index contributed by atoms with van der Waals surface area (Å²) in [6.45, 7) is 1.08. The van der Waals surface area contributed by atoms with Crippen LogP contribution in [0.15, 0.2) is 115 Å². The molecule has 6 heteroatoms. The van der Waals surface area contributed by atoms with Crippen molar-refractivity contribution < 1.29 is 19.1 Å². The van der Waals surface area contributed by atoms with Gasteiger partial charge in [0.15, 0.2) is 5.78 Å². The molecule has 4 aromatic carbocycles.